The lowest BCUT2D eigenvalue weighted by Gasteiger charge is -2.23. The van der Waals surface area contributed by atoms with Gasteiger partial charge in [-0.05, 0) is 39.3 Å². The number of aromatic nitrogens is 2. The number of rotatable bonds is 6. The first-order chi connectivity index (χ1) is 16.2. The highest BCUT2D eigenvalue weighted by molar-refractivity contribution is 6.32. The topological polar surface area (TPSA) is 86.1 Å². The first kappa shape index (κ1) is 22.9. The minimum Gasteiger partial charge on any atom is -0.458 e. The molecule has 3 aliphatic heterocycles. The zero-order valence-corrected chi connectivity index (χ0v) is 20.1. The second-order valence-electron chi connectivity index (χ2n) is 9.26. The van der Waals surface area contributed by atoms with Crippen molar-refractivity contribution < 1.29 is 23.8 Å². The zero-order chi connectivity index (χ0) is 24.0. The first-order valence-electron chi connectivity index (χ1n) is 11.3. The molecule has 0 saturated carbocycles. The van der Waals surface area contributed by atoms with Gasteiger partial charge in [-0.3, -0.25) is 19.2 Å². The summed E-state index contributed by atoms with van der Waals surface area (Å²) in [6, 6.07) is 8.20. The van der Waals surface area contributed by atoms with Crippen molar-refractivity contribution in [3.8, 4) is 5.75 Å². The minimum atomic E-state index is -0.599. The molecule has 180 valence electrons. The molecule has 2 amide bonds. The Morgan fingerprint density at radius 2 is 2.03 bits per heavy atom. The van der Waals surface area contributed by atoms with Crippen molar-refractivity contribution in [1.82, 2.24) is 14.7 Å². The van der Waals surface area contributed by atoms with Crippen molar-refractivity contribution in [2.24, 2.45) is 0 Å². The van der Waals surface area contributed by atoms with Crippen molar-refractivity contribution >= 4 is 29.2 Å². The van der Waals surface area contributed by atoms with Gasteiger partial charge in [0, 0.05) is 24.4 Å². The summed E-state index contributed by atoms with van der Waals surface area (Å²) in [6.45, 7) is 6.95. The highest BCUT2D eigenvalue weighted by Crippen LogP contribution is 2.32. The fourth-order valence-electron chi connectivity index (χ4n) is 4.66. The van der Waals surface area contributed by atoms with Crippen LogP contribution in [0.5, 0.6) is 5.75 Å². The van der Waals surface area contributed by atoms with E-state index in [0.29, 0.717) is 41.9 Å². The maximum Gasteiger partial charge on any atom is 0.251 e. The van der Waals surface area contributed by atoms with Crippen LogP contribution < -0.4 is 9.64 Å². The monoisotopic (exact) mass is 486 g/mol. The van der Waals surface area contributed by atoms with Gasteiger partial charge in [-0.25, -0.2) is 0 Å². The molecule has 9 nitrogen and oxygen atoms in total. The van der Waals surface area contributed by atoms with Crippen LogP contribution in [-0.2, 0) is 25.6 Å². The van der Waals surface area contributed by atoms with Crippen molar-refractivity contribution in [1.29, 1.82) is 0 Å². The largest absolute Gasteiger partial charge is 0.458 e. The summed E-state index contributed by atoms with van der Waals surface area (Å²) < 4.78 is 19.0. The van der Waals surface area contributed by atoms with E-state index in [-0.39, 0.29) is 30.5 Å². The number of amides is 2. The van der Waals surface area contributed by atoms with Crippen molar-refractivity contribution in [2.75, 3.05) is 18.1 Å². The molecule has 0 spiro atoms. The van der Waals surface area contributed by atoms with Crippen LogP contribution in [0.15, 0.2) is 48.4 Å². The van der Waals surface area contributed by atoms with E-state index >= 15 is 0 Å². The van der Waals surface area contributed by atoms with E-state index in [1.54, 1.807) is 32.7 Å². The maximum absolute atomic E-state index is 13.4. The molecule has 34 heavy (non-hydrogen) atoms. The number of benzene rings is 1. The molecule has 0 radical (unpaired) electrons. The van der Waals surface area contributed by atoms with E-state index in [9.17, 15) is 9.59 Å². The van der Waals surface area contributed by atoms with Gasteiger partial charge in [-0.15, -0.1) is 0 Å². The molecule has 1 aromatic carbocycles. The zero-order valence-electron chi connectivity index (χ0n) is 19.3. The number of hydrogen-bond donors (Lipinski definition) is 0. The fraction of sp³-hybridized carbons (Fsp3) is 0.458. The number of carbonyl (C=O) groups excluding carboxylic acids is 2. The van der Waals surface area contributed by atoms with Gasteiger partial charge in [0.1, 0.15) is 23.7 Å². The van der Waals surface area contributed by atoms with Gasteiger partial charge in [0.25, 0.3) is 11.8 Å². The van der Waals surface area contributed by atoms with Gasteiger partial charge in [-0.1, -0.05) is 23.7 Å². The summed E-state index contributed by atoms with van der Waals surface area (Å²) in [5.41, 5.74) is 0. The van der Waals surface area contributed by atoms with Crippen LogP contribution in [0.4, 0.5) is 5.82 Å². The third kappa shape index (κ3) is 4.43. The Kier molecular flexibility index (Phi) is 5.87. The summed E-state index contributed by atoms with van der Waals surface area (Å²) >= 11 is 6.17. The normalized spacial score (nSPS) is 26.5. The number of halogens is 1. The number of hydrogen-bond acceptors (Lipinski definition) is 6. The quantitative estimate of drug-likeness (QED) is 0.624. The average Bonchev–Trinajstić information content (AvgIpc) is 3.52. The second kappa shape index (κ2) is 8.72. The molecular weight excluding hydrogens is 460 g/mol. The minimum absolute atomic E-state index is 0.104. The van der Waals surface area contributed by atoms with Gasteiger partial charge >= 0.3 is 0 Å². The number of nitrogens with zero attached hydrogens (tertiary/aromatic N) is 4. The molecule has 1 unspecified atom stereocenters. The van der Waals surface area contributed by atoms with Crippen molar-refractivity contribution in [3.05, 3.63) is 53.4 Å². The predicted octanol–water partition coefficient (Wildman–Crippen LogP) is 2.99. The molecule has 2 aromatic rings. The Hall–Kier alpha value is -2.88. The standard InChI is InChI=1S/C24H27ClN4O5/c1-15-10-19(28-13-16(11-22(28)30)33-20-7-5-4-6-18(20)25)23(31)29(15)21-8-9-27(26-21)12-17-14-32-24(2,3)34-17/h4-9,11,15,17,19H,10,12-14H2,1-3H3/t15?,17-,19-/m0/s1. The van der Waals surface area contributed by atoms with E-state index in [0.717, 1.165) is 0 Å². The number of anilines is 1. The van der Waals surface area contributed by atoms with E-state index in [2.05, 4.69) is 5.10 Å². The molecule has 1 aromatic heterocycles. The predicted molar refractivity (Wildman–Crippen MR) is 124 cm³/mol. The molecule has 2 fully saturated rings. The first-order valence-corrected chi connectivity index (χ1v) is 11.7. The highest BCUT2D eigenvalue weighted by atomic mass is 35.5. The van der Waals surface area contributed by atoms with E-state index in [4.69, 9.17) is 25.8 Å². The average molecular weight is 487 g/mol. The third-order valence-electron chi connectivity index (χ3n) is 6.21. The second-order valence-corrected chi connectivity index (χ2v) is 9.67. The molecule has 5 rings (SSSR count). The number of para-hydroxylation sites is 1. The van der Waals surface area contributed by atoms with Gasteiger partial charge in [0.05, 0.1) is 24.7 Å². The van der Waals surface area contributed by atoms with E-state index in [1.807, 2.05) is 39.1 Å². The van der Waals surface area contributed by atoms with Crippen LogP contribution >= 0.6 is 11.6 Å². The summed E-state index contributed by atoms with van der Waals surface area (Å²) in [7, 11) is 0. The molecule has 3 atom stereocenters. The fourth-order valence-corrected chi connectivity index (χ4v) is 4.83. The molecule has 0 N–H and O–H groups in total. The van der Waals surface area contributed by atoms with Crippen LogP contribution in [0.1, 0.15) is 27.2 Å². The Balaban J connectivity index is 1.24. The summed E-state index contributed by atoms with van der Waals surface area (Å²) in [4.78, 5) is 29.3. The Labute approximate surface area is 202 Å². The number of carbonyl (C=O) groups is 2. The van der Waals surface area contributed by atoms with Gasteiger partial charge in [-0.2, -0.15) is 5.10 Å². The SMILES string of the molecule is CC1C[C@H](N2CC(Oc3ccccc3Cl)=CC2=O)C(=O)N1c1ccn(C[C@H]2COC(C)(C)O2)n1. The van der Waals surface area contributed by atoms with Crippen molar-refractivity contribution in [3.63, 3.8) is 0 Å². The molecule has 0 bridgehead atoms. The molecule has 10 heteroatoms. The lowest BCUT2D eigenvalue weighted by atomic mass is 10.1. The Morgan fingerprint density at radius 3 is 2.76 bits per heavy atom. The summed E-state index contributed by atoms with van der Waals surface area (Å²) in [5, 5.41) is 5.05. The van der Waals surface area contributed by atoms with Gasteiger partial charge in [0.2, 0.25) is 0 Å². The summed E-state index contributed by atoms with van der Waals surface area (Å²) in [5.74, 6) is 0.496. The molecule has 3 aliphatic rings. The number of ether oxygens (including phenoxy) is 3. The summed E-state index contributed by atoms with van der Waals surface area (Å²) in [6.07, 6.45) is 3.66. The van der Waals surface area contributed by atoms with Crippen LogP contribution in [0.2, 0.25) is 5.02 Å². The lowest BCUT2D eigenvalue weighted by Crippen LogP contribution is -2.43. The van der Waals surface area contributed by atoms with Crippen LogP contribution in [-0.4, -0.2) is 63.6 Å². The Bertz CT molecular complexity index is 1150. The smallest absolute Gasteiger partial charge is 0.251 e. The van der Waals surface area contributed by atoms with E-state index < -0.39 is 11.8 Å². The maximum atomic E-state index is 13.4. The lowest BCUT2D eigenvalue weighted by molar-refractivity contribution is -0.139. The Morgan fingerprint density at radius 1 is 1.24 bits per heavy atom. The molecule has 2 saturated heterocycles. The molecular formula is C24H27ClN4O5. The highest BCUT2D eigenvalue weighted by Gasteiger charge is 2.45. The van der Waals surface area contributed by atoms with Crippen LogP contribution in [0.3, 0.4) is 0 Å². The van der Waals surface area contributed by atoms with Crippen molar-refractivity contribution in [2.45, 2.75) is 57.7 Å². The third-order valence-corrected chi connectivity index (χ3v) is 6.52. The molecule has 0 aliphatic carbocycles. The van der Waals surface area contributed by atoms with Crippen LogP contribution in [0.25, 0.3) is 0 Å². The molecule has 4 heterocycles. The van der Waals surface area contributed by atoms with Crippen LogP contribution in [0, 0.1) is 0 Å². The van der Waals surface area contributed by atoms with Gasteiger partial charge in [0.15, 0.2) is 11.6 Å². The van der Waals surface area contributed by atoms with E-state index in [1.165, 1.54) is 6.08 Å². The van der Waals surface area contributed by atoms with Gasteiger partial charge < -0.3 is 19.1 Å².